The SMILES string of the molecule is CCOC(=O)[C@H](CC1CCCS1)NC(=O)[C@@H](N)C(C)CC. The fourth-order valence-corrected chi connectivity index (χ4v) is 3.66. The molecule has 0 aromatic rings. The van der Waals surface area contributed by atoms with Gasteiger partial charge in [-0.3, -0.25) is 4.79 Å². The van der Waals surface area contributed by atoms with E-state index in [1.54, 1.807) is 6.92 Å². The smallest absolute Gasteiger partial charge is 0.328 e. The summed E-state index contributed by atoms with van der Waals surface area (Å²) in [5.41, 5.74) is 5.93. The largest absolute Gasteiger partial charge is 0.464 e. The molecule has 1 aliphatic rings. The van der Waals surface area contributed by atoms with Crippen LogP contribution >= 0.6 is 11.8 Å². The molecule has 0 radical (unpaired) electrons. The third kappa shape index (κ3) is 5.87. The van der Waals surface area contributed by atoms with Gasteiger partial charge >= 0.3 is 5.97 Å². The highest BCUT2D eigenvalue weighted by atomic mass is 32.2. The Labute approximate surface area is 131 Å². The van der Waals surface area contributed by atoms with Crippen LogP contribution in [0.5, 0.6) is 0 Å². The molecule has 0 aromatic carbocycles. The number of esters is 1. The number of hydrogen-bond acceptors (Lipinski definition) is 5. The highest BCUT2D eigenvalue weighted by Crippen LogP contribution is 2.29. The van der Waals surface area contributed by atoms with Crippen LogP contribution in [-0.2, 0) is 14.3 Å². The zero-order valence-electron chi connectivity index (χ0n) is 13.3. The lowest BCUT2D eigenvalue weighted by atomic mass is 9.98. The monoisotopic (exact) mass is 316 g/mol. The summed E-state index contributed by atoms with van der Waals surface area (Å²) in [4.78, 5) is 24.2. The van der Waals surface area contributed by atoms with E-state index in [9.17, 15) is 9.59 Å². The third-order valence-corrected chi connectivity index (χ3v) is 5.39. The van der Waals surface area contributed by atoms with E-state index in [1.807, 2.05) is 25.6 Å². The van der Waals surface area contributed by atoms with Crippen LogP contribution in [0.25, 0.3) is 0 Å². The second kappa shape index (κ2) is 9.30. The third-order valence-electron chi connectivity index (χ3n) is 3.97. The van der Waals surface area contributed by atoms with E-state index in [0.29, 0.717) is 18.3 Å². The fraction of sp³-hybridized carbons (Fsp3) is 0.867. The van der Waals surface area contributed by atoms with Gasteiger partial charge in [0.1, 0.15) is 6.04 Å². The number of nitrogens with one attached hydrogen (secondary N) is 1. The first-order chi connectivity index (χ1) is 9.99. The molecule has 1 rings (SSSR count). The van der Waals surface area contributed by atoms with Gasteiger partial charge in [0, 0.05) is 5.25 Å². The average Bonchev–Trinajstić information content (AvgIpc) is 2.98. The summed E-state index contributed by atoms with van der Waals surface area (Å²) in [6.45, 7) is 6.03. The molecular formula is C15H28N2O3S. The van der Waals surface area contributed by atoms with Crippen molar-refractivity contribution in [1.82, 2.24) is 5.32 Å². The van der Waals surface area contributed by atoms with Crippen molar-refractivity contribution >= 4 is 23.6 Å². The fourth-order valence-electron chi connectivity index (χ4n) is 2.33. The number of hydrogen-bond donors (Lipinski definition) is 2. The van der Waals surface area contributed by atoms with Crippen LogP contribution in [0.15, 0.2) is 0 Å². The Hall–Kier alpha value is -0.750. The van der Waals surface area contributed by atoms with E-state index in [-0.39, 0.29) is 17.8 Å². The number of carbonyl (C=O) groups excluding carboxylic acids is 2. The van der Waals surface area contributed by atoms with Gasteiger partial charge in [-0.1, -0.05) is 20.3 Å². The molecular weight excluding hydrogens is 288 g/mol. The predicted octanol–water partition coefficient (Wildman–Crippen LogP) is 1.69. The number of nitrogens with two attached hydrogens (primary N) is 1. The van der Waals surface area contributed by atoms with Crippen molar-refractivity contribution in [3.8, 4) is 0 Å². The highest BCUT2D eigenvalue weighted by molar-refractivity contribution is 8.00. The van der Waals surface area contributed by atoms with E-state index in [1.165, 1.54) is 6.42 Å². The average molecular weight is 316 g/mol. The van der Waals surface area contributed by atoms with Gasteiger partial charge < -0.3 is 15.8 Å². The van der Waals surface area contributed by atoms with E-state index in [4.69, 9.17) is 10.5 Å². The van der Waals surface area contributed by atoms with Crippen molar-refractivity contribution in [3.63, 3.8) is 0 Å². The van der Waals surface area contributed by atoms with Crippen LogP contribution in [-0.4, -0.2) is 41.6 Å². The Morgan fingerprint density at radius 3 is 2.67 bits per heavy atom. The summed E-state index contributed by atoms with van der Waals surface area (Å²) in [7, 11) is 0. The van der Waals surface area contributed by atoms with Gasteiger partial charge in [-0.15, -0.1) is 0 Å². The van der Waals surface area contributed by atoms with Gasteiger partial charge in [-0.05, 0) is 37.9 Å². The molecule has 2 unspecified atom stereocenters. The number of thioether (sulfide) groups is 1. The Kier molecular flexibility index (Phi) is 8.11. The zero-order chi connectivity index (χ0) is 15.8. The maximum Gasteiger partial charge on any atom is 0.328 e. The second-order valence-corrected chi connectivity index (χ2v) is 7.00. The summed E-state index contributed by atoms with van der Waals surface area (Å²) >= 11 is 1.86. The lowest BCUT2D eigenvalue weighted by molar-refractivity contribution is -0.147. The van der Waals surface area contributed by atoms with E-state index >= 15 is 0 Å². The van der Waals surface area contributed by atoms with Crippen molar-refractivity contribution < 1.29 is 14.3 Å². The van der Waals surface area contributed by atoms with Gasteiger partial charge in [0.2, 0.25) is 5.91 Å². The van der Waals surface area contributed by atoms with Crippen molar-refractivity contribution in [3.05, 3.63) is 0 Å². The lowest BCUT2D eigenvalue weighted by Crippen LogP contribution is -2.51. The molecule has 1 heterocycles. The van der Waals surface area contributed by atoms with Crippen molar-refractivity contribution in [2.45, 2.75) is 63.8 Å². The number of carbonyl (C=O) groups is 2. The maximum absolute atomic E-state index is 12.2. The first-order valence-corrected chi connectivity index (χ1v) is 8.88. The summed E-state index contributed by atoms with van der Waals surface area (Å²) < 4.78 is 5.08. The first-order valence-electron chi connectivity index (χ1n) is 7.83. The summed E-state index contributed by atoms with van der Waals surface area (Å²) in [5, 5.41) is 3.21. The molecule has 1 amide bonds. The molecule has 5 nitrogen and oxygen atoms in total. The van der Waals surface area contributed by atoms with Crippen molar-refractivity contribution in [2.75, 3.05) is 12.4 Å². The standard InChI is InChI=1S/C15H28N2O3S/c1-4-10(3)13(16)14(18)17-12(15(19)20-5-2)9-11-7-6-8-21-11/h10-13H,4-9,16H2,1-3H3,(H,17,18)/t10?,11?,12-,13-/m0/s1. The summed E-state index contributed by atoms with van der Waals surface area (Å²) in [5.74, 6) is 0.606. The van der Waals surface area contributed by atoms with Gasteiger partial charge in [0.05, 0.1) is 12.6 Å². The van der Waals surface area contributed by atoms with Gasteiger partial charge in [0.15, 0.2) is 0 Å². The normalized spacial score (nSPS) is 22.4. The minimum Gasteiger partial charge on any atom is -0.464 e. The molecule has 3 N–H and O–H groups in total. The molecule has 6 heteroatoms. The zero-order valence-corrected chi connectivity index (χ0v) is 14.1. The molecule has 0 bridgehead atoms. The minimum atomic E-state index is -0.580. The quantitative estimate of drug-likeness (QED) is 0.666. The first kappa shape index (κ1) is 18.3. The molecule has 0 aromatic heterocycles. The Balaban J connectivity index is 2.62. The molecule has 4 atom stereocenters. The van der Waals surface area contributed by atoms with Crippen LogP contribution in [0.3, 0.4) is 0 Å². The van der Waals surface area contributed by atoms with Gasteiger partial charge in [0.25, 0.3) is 0 Å². The molecule has 122 valence electrons. The summed E-state index contributed by atoms with van der Waals surface area (Å²) in [6, 6.07) is -1.16. The number of ether oxygens (including phenoxy) is 1. The van der Waals surface area contributed by atoms with Crippen LogP contribution in [0.4, 0.5) is 0 Å². The van der Waals surface area contributed by atoms with Gasteiger partial charge in [-0.2, -0.15) is 11.8 Å². The molecule has 0 aliphatic carbocycles. The lowest BCUT2D eigenvalue weighted by Gasteiger charge is -2.24. The van der Waals surface area contributed by atoms with E-state index in [0.717, 1.165) is 18.6 Å². The number of rotatable bonds is 8. The summed E-state index contributed by atoms with van der Waals surface area (Å²) in [6.07, 6.45) is 3.72. The molecule has 1 saturated heterocycles. The predicted molar refractivity (Wildman–Crippen MR) is 86.1 cm³/mol. The topological polar surface area (TPSA) is 81.4 Å². The van der Waals surface area contributed by atoms with E-state index < -0.39 is 12.1 Å². The molecule has 1 fully saturated rings. The molecule has 0 spiro atoms. The van der Waals surface area contributed by atoms with Crippen LogP contribution in [0.1, 0.15) is 46.5 Å². The van der Waals surface area contributed by atoms with Gasteiger partial charge in [-0.25, -0.2) is 4.79 Å². The molecule has 21 heavy (non-hydrogen) atoms. The molecule has 1 aliphatic heterocycles. The maximum atomic E-state index is 12.2. The number of amides is 1. The Morgan fingerprint density at radius 2 is 2.14 bits per heavy atom. The van der Waals surface area contributed by atoms with Crippen LogP contribution in [0, 0.1) is 5.92 Å². The highest BCUT2D eigenvalue weighted by Gasteiger charge is 2.30. The van der Waals surface area contributed by atoms with Crippen LogP contribution < -0.4 is 11.1 Å². The molecule has 0 saturated carbocycles. The van der Waals surface area contributed by atoms with Crippen molar-refractivity contribution in [2.24, 2.45) is 11.7 Å². The Morgan fingerprint density at radius 1 is 1.43 bits per heavy atom. The van der Waals surface area contributed by atoms with E-state index in [2.05, 4.69) is 5.32 Å². The van der Waals surface area contributed by atoms with Crippen LogP contribution in [0.2, 0.25) is 0 Å². The Bertz CT molecular complexity index is 346. The second-order valence-electron chi connectivity index (χ2n) is 5.60. The van der Waals surface area contributed by atoms with Crippen molar-refractivity contribution in [1.29, 1.82) is 0 Å². The minimum absolute atomic E-state index is 0.0914.